The quantitative estimate of drug-likeness (QED) is 0.284. The number of carbonyl (C=O) groups excluding carboxylic acids is 3. The Morgan fingerprint density at radius 1 is 1.46 bits per heavy atom. The number of aliphatic hydroxyl groups is 1. The molecule has 0 aromatic heterocycles. The first-order valence-corrected chi connectivity index (χ1v) is 3.33. The van der Waals surface area contributed by atoms with Gasteiger partial charge in [-0.3, -0.25) is 9.59 Å². The molecule has 0 heterocycles. The molecule has 0 radical (unpaired) electrons. The summed E-state index contributed by atoms with van der Waals surface area (Å²) in [6.07, 6.45) is -1.27. The molecule has 0 saturated carbocycles. The summed E-state index contributed by atoms with van der Waals surface area (Å²) in [6.45, 7) is 1.69. The summed E-state index contributed by atoms with van der Waals surface area (Å²) in [5.41, 5.74) is 0. The Balaban J connectivity index is -0.000000605. The molecule has 5 nitrogen and oxygen atoms in total. The fraction of sp³-hybridized carbons (Fsp3) is 0.571. The number of hydrogen-bond donors (Lipinski definition) is 1. The number of ether oxygens (including phenoxy) is 1. The molecule has 0 aromatic carbocycles. The minimum atomic E-state index is -1.27. The molecule has 0 aliphatic carbocycles. The van der Waals surface area contributed by atoms with Crippen LogP contribution < -0.4 is 29.6 Å². The Morgan fingerprint density at radius 3 is 2.23 bits per heavy atom. The minimum absolute atomic E-state index is 0. The summed E-state index contributed by atoms with van der Waals surface area (Å²) < 4.78 is 4.27. The van der Waals surface area contributed by atoms with E-state index in [1.165, 1.54) is 6.92 Å². The molecule has 1 unspecified atom stereocenters. The van der Waals surface area contributed by atoms with E-state index in [0.29, 0.717) is 0 Å². The molecule has 0 amide bonds. The number of esters is 1. The number of hydrogen-bond acceptors (Lipinski definition) is 5. The zero-order valence-electron chi connectivity index (χ0n) is 8.86. The van der Waals surface area contributed by atoms with Crippen LogP contribution in [0.15, 0.2) is 0 Å². The molecule has 0 fully saturated rings. The third kappa shape index (κ3) is 6.89. The van der Waals surface area contributed by atoms with E-state index in [1.54, 1.807) is 0 Å². The Morgan fingerprint density at radius 2 is 1.92 bits per heavy atom. The van der Waals surface area contributed by atoms with Gasteiger partial charge in [0.25, 0.3) is 0 Å². The molecular formula is C7H11NaO5. The van der Waals surface area contributed by atoms with Crippen molar-refractivity contribution in [1.82, 2.24) is 0 Å². The molecule has 0 aliphatic heterocycles. The molecule has 1 atom stereocenters. The van der Waals surface area contributed by atoms with Crippen molar-refractivity contribution in [2.24, 2.45) is 0 Å². The molecule has 13 heavy (non-hydrogen) atoms. The first-order chi connectivity index (χ1) is 5.45. The third-order valence-electron chi connectivity index (χ3n) is 1.08. The van der Waals surface area contributed by atoms with Gasteiger partial charge in [-0.1, -0.05) is 0 Å². The topological polar surface area (TPSA) is 80.7 Å². The van der Waals surface area contributed by atoms with E-state index in [1.807, 2.05) is 0 Å². The Hall–Kier alpha value is -0.230. The van der Waals surface area contributed by atoms with Crippen LogP contribution in [0.4, 0.5) is 0 Å². The summed E-state index contributed by atoms with van der Waals surface area (Å²) in [4.78, 5) is 31.4. The molecule has 0 spiro atoms. The van der Waals surface area contributed by atoms with Crippen LogP contribution in [-0.4, -0.2) is 35.4 Å². The van der Waals surface area contributed by atoms with E-state index in [2.05, 4.69) is 4.74 Å². The second-order valence-corrected chi connectivity index (χ2v) is 2.26. The van der Waals surface area contributed by atoms with Gasteiger partial charge in [-0.15, -0.1) is 0 Å². The summed E-state index contributed by atoms with van der Waals surface area (Å²) >= 11 is 0. The molecule has 0 saturated heterocycles. The maximum absolute atomic E-state index is 10.6. The predicted octanol–water partition coefficient (Wildman–Crippen LogP) is -3.81. The maximum atomic E-state index is 10.6. The van der Waals surface area contributed by atoms with Crippen molar-refractivity contribution < 1.29 is 55.2 Å². The van der Waals surface area contributed by atoms with Crippen LogP contribution in [0.1, 0.15) is 15.3 Å². The number of carbonyl (C=O) groups is 3. The average Bonchev–Trinajstić information content (AvgIpc) is 1.98. The van der Waals surface area contributed by atoms with Crippen LogP contribution in [0.3, 0.4) is 0 Å². The fourth-order valence-electron chi connectivity index (χ4n) is 0.359. The van der Waals surface area contributed by atoms with Gasteiger partial charge in [-0.05, 0) is 6.92 Å². The van der Waals surface area contributed by atoms with Crippen LogP contribution in [0.5, 0.6) is 0 Å². The van der Waals surface area contributed by atoms with Gasteiger partial charge in [0.05, 0.1) is 0 Å². The Bertz CT molecular complexity index is 216. The van der Waals surface area contributed by atoms with Crippen molar-refractivity contribution in [1.29, 1.82) is 0 Å². The van der Waals surface area contributed by atoms with Gasteiger partial charge in [0.15, 0.2) is 12.4 Å². The van der Waals surface area contributed by atoms with Gasteiger partial charge >= 0.3 is 35.5 Å². The predicted molar refractivity (Wildman–Crippen MR) is 39.4 cm³/mol. The smallest absolute Gasteiger partial charge is 1.00 e. The average molecular weight is 198 g/mol. The summed E-state index contributed by atoms with van der Waals surface area (Å²) in [5.74, 6) is -2.37. The van der Waals surface area contributed by atoms with Crippen molar-refractivity contribution in [2.45, 2.75) is 20.0 Å². The van der Waals surface area contributed by atoms with E-state index in [0.717, 1.165) is 6.92 Å². The van der Waals surface area contributed by atoms with Crippen molar-refractivity contribution in [3.8, 4) is 0 Å². The molecule has 0 rings (SSSR count). The van der Waals surface area contributed by atoms with Crippen LogP contribution in [0.25, 0.3) is 0 Å². The Kier molecular flexibility index (Phi) is 8.45. The fourth-order valence-corrected chi connectivity index (χ4v) is 0.359. The van der Waals surface area contributed by atoms with Crippen LogP contribution in [-0.2, 0) is 19.1 Å². The molecule has 0 bridgehead atoms. The number of rotatable bonds is 4. The summed E-state index contributed by atoms with van der Waals surface area (Å²) in [6, 6.07) is 0. The third-order valence-corrected chi connectivity index (χ3v) is 1.08. The van der Waals surface area contributed by atoms with Gasteiger partial charge in [-0.25, -0.2) is 4.79 Å². The van der Waals surface area contributed by atoms with Gasteiger partial charge in [0.1, 0.15) is 6.10 Å². The molecule has 1 N–H and O–H groups in total. The monoisotopic (exact) mass is 198 g/mol. The van der Waals surface area contributed by atoms with Gasteiger partial charge < -0.3 is 11.3 Å². The molecule has 70 valence electrons. The van der Waals surface area contributed by atoms with Crippen LogP contribution >= 0.6 is 0 Å². The van der Waals surface area contributed by atoms with Crippen LogP contribution in [0, 0.1) is 0 Å². The molecule has 0 aliphatic rings. The minimum Gasteiger partial charge on any atom is -1.00 e. The molecule has 0 aromatic rings. The standard InChI is InChI=1S/C7H10O5.Na.H/c1-4(8)6(10)3-12-7(11)5(2)9;;/h5,9H,3H2,1-2H3;;/q;+1;-1. The zero-order chi connectivity index (χ0) is 9.72. The van der Waals surface area contributed by atoms with E-state index in [9.17, 15) is 14.4 Å². The first-order valence-electron chi connectivity index (χ1n) is 3.33. The van der Waals surface area contributed by atoms with Crippen molar-refractivity contribution in [3.63, 3.8) is 0 Å². The van der Waals surface area contributed by atoms with Gasteiger partial charge in [0.2, 0.25) is 5.78 Å². The van der Waals surface area contributed by atoms with E-state index >= 15 is 0 Å². The van der Waals surface area contributed by atoms with E-state index in [-0.39, 0.29) is 31.0 Å². The normalized spacial score (nSPS) is 11.0. The largest absolute Gasteiger partial charge is 1.00 e. The summed E-state index contributed by atoms with van der Waals surface area (Å²) in [7, 11) is 0. The van der Waals surface area contributed by atoms with Crippen molar-refractivity contribution in [3.05, 3.63) is 0 Å². The maximum Gasteiger partial charge on any atom is 1.00 e. The number of Topliss-reactive ketones (excluding diaryl/α,β-unsaturated/α-hetero) is 2. The second kappa shape index (κ2) is 7.20. The van der Waals surface area contributed by atoms with E-state index < -0.39 is 30.2 Å². The zero-order valence-corrected chi connectivity index (χ0v) is 9.86. The molecular weight excluding hydrogens is 187 g/mol. The van der Waals surface area contributed by atoms with Gasteiger partial charge in [0, 0.05) is 6.92 Å². The molecule has 6 heteroatoms. The van der Waals surface area contributed by atoms with Crippen LogP contribution in [0.2, 0.25) is 0 Å². The number of ketones is 2. The Labute approximate surface area is 99.2 Å². The number of aliphatic hydroxyl groups excluding tert-OH is 1. The first kappa shape index (κ1) is 15.3. The SMILES string of the molecule is CC(=O)C(=O)COC(=O)C(C)O.[H-].[Na+]. The van der Waals surface area contributed by atoms with Crippen molar-refractivity contribution >= 4 is 17.5 Å². The van der Waals surface area contributed by atoms with E-state index in [4.69, 9.17) is 5.11 Å². The summed E-state index contributed by atoms with van der Waals surface area (Å²) in [5, 5.41) is 8.60. The van der Waals surface area contributed by atoms with Crippen molar-refractivity contribution in [2.75, 3.05) is 6.61 Å². The van der Waals surface area contributed by atoms with Gasteiger partial charge in [-0.2, -0.15) is 0 Å². The second-order valence-electron chi connectivity index (χ2n) is 2.26.